The fourth-order valence-electron chi connectivity index (χ4n) is 2.41. The molecular weight excluding hydrogens is 252 g/mol. The van der Waals surface area contributed by atoms with Crippen molar-refractivity contribution < 1.29 is 9.47 Å². The molecule has 3 rings (SSSR count). The Morgan fingerprint density at radius 3 is 2.85 bits per heavy atom. The molecule has 0 atom stereocenters. The van der Waals surface area contributed by atoms with Gasteiger partial charge in [0.25, 0.3) is 0 Å². The predicted molar refractivity (Wildman–Crippen MR) is 77.1 cm³/mol. The number of nitrogens with two attached hydrogens (primary N) is 1. The Kier molecular flexibility index (Phi) is 3.10. The predicted octanol–water partition coefficient (Wildman–Crippen LogP) is 3.05. The average Bonchev–Trinajstić information content (AvgIpc) is 2.74. The fourth-order valence-corrected chi connectivity index (χ4v) is 2.41. The average molecular weight is 270 g/mol. The van der Waals surface area contributed by atoms with Gasteiger partial charge in [-0.15, -0.1) is 0 Å². The maximum Gasteiger partial charge on any atom is 0.219 e. The van der Waals surface area contributed by atoms with Gasteiger partial charge in [-0.3, -0.25) is 0 Å². The van der Waals surface area contributed by atoms with E-state index in [1.54, 1.807) is 0 Å². The number of rotatable bonds is 3. The Balaban J connectivity index is 1.91. The highest BCUT2D eigenvalue weighted by molar-refractivity contribution is 5.51. The second kappa shape index (κ2) is 4.80. The number of benzene rings is 1. The van der Waals surface area contributed by atoms with E-state index in [0.717, 1.165) is 17.9 Å². The number of nitrogens with zero attached hydrogens (tertiary/aromatic N) is 1. The van der Waals surface area contributed by atoms with E-state index < -0.39 is 0 Å². The van der Waals surface area contributed by atoms with Crippen molar-refractivity contribution in [1.29, 1.82) is 0 Å². The van der Waals surface area contributed by atoms with Crippen LogP contribution < -0.4 is 15.2 Å². The number of para-hydroxylation sites is 1. The smallest absolute Gasteiger partial charge is 0.219 e. The van der Waals surface area contributed by atoms with Crippen molar-refractivity contribution in [3.63, 3.8) is 0 Å². The summed E-state index contributed by atoms with van der Waals surface area (Å²) >= 11 is 0. The number of hydrogen-bond donors (Lipinski definition) is 1. The molecule has 0 saturated heterocycles. The van der Waals surface area contributed by atoms with E-state index in [0.29, 0.717) is 18.2 Å². The van der Waals surface area contributed by atoms with Gasteiger partial charge in [0.1, 0.15) is 5.60 Å². The first-order valence-electron chi connectivity index (χ1n) is 6.72. The van der Waals surface area contributed by atoms with E-state index in [2.05, 4.69) is 24.9 Å². The highest BCUT2D eigenvalue weighted by atomic mass is 16.5. The number of pyridine rings is 1. The summed E-state index contributed by atoms with van der Waals surface area (Å²) in [6.07, 6.45) is 0.885. The van der Waals surface area contributed by atoms with Gasteiger partial charge in [-0.25, -0.2) is 4.98 Å². The molecule has 2 heterocycles. The van der Waals surface area contributed by atoms with Crippen LogP contribution in [0.2, 0.25) is 0 Å². The summed E-state index contributed by atoms with van der Waals surface area (Å²) in [6.45, 7) is 4.54. The molecule has 0 radical (unpaired) electrons. The van der Waals surface area contributed by atoms with Crippen molar-refractivity contribution in [1.82, 2.24) is 4.98 Å². The first kappa shape index (κ1) is 12.9. The van der Waals surface area contributed by atoms with Crippen molar-refractivity contribution >= 4 is 0 Å². The molecular formula is C16H18N2O2. The minimum Gasteiger partial charge on any atom is -0.483 e. The summed E-state index contributed by atoms with van der Waals surface area (Å²) in [5.41, 5.74) is 7.38. The van der Waals surface area contributed by atoms with Crippen LogP contribution in [-0.4, -0.2) is 10.6 Å². The Hall–Kier alpha value is -2.07. The number of aromatic nitrogens is 1. The van der Waals surface area contributed by atoms with E-state index >= 15 is 0 Å². The molecule has 104 valence electrons. The minimum absolute atomic E-state index is 0.186. The molecule has 20 heavy (non-hydrogen) atoms. The monoisotopic (exact) mass is 270 g/mol. The van der Waals surface area contributed by atoms with Gasteiger partial charge in [-0.05, 0) is 26.0 Å². The summed E-state index contributed by atoms with van der Waals surface area (Å²) in [5, 5.41) is 0. The molecule has 0 fully saturated rings. The number of ether oxygens (including phenoxy) is 2. The standard InChI is InChI=1S/C16H18N2O2/c1-16(2)9-11-5-3-7-13(15(11)20-16)19-14-8-4-6-12(10-17)18-14/h3-8H,9-10,17H2,1-2H3. The van der Waals surface area contributed by atoms with Crippen LogP contribution in [-0.2, 0) is 13.0 Å². The minimum atomic E-state index is -0.186. The van der Waals surface area contributed by atoms with E-state index in [1.165, 1.54) is 5.56 Å². The SMILES string of the molecule is CC1(C)Cc2cccc(Oc3cccc(CN)n3)c2O1. The highest BCUT2D eigenvalue weighted by Crippen LogP contribution is 2.42. The van der Waals surface area contributed by atoms with Crippen molar-refractivity contribution in [2.24, 2.45) is 5.73 Å². The van der Waals surface area contributed by atoms with Gasteiger partial charge in [-0.2, -0.15) is 0 Å². The number of fused-ring (bicyclic) bond motifs is 1. The lowest BCUT2D eigenvalue weighted by Gasteiger charge is -2.18. The molecule has 0 amide bonds. The Morgan fingerprint density at radius 1 is 1.25 bits per heavy atom. The van der Waals surface area contributed by atoms with Gasteiger partial charge in [-0.1, -0.05) is 18.2 Å². The van der Waals surface area contributed by atoms with Crippen LogP contribution in [0.4, 0.5) is 0 Å². The highest BCUT2D eigenvalue weighted by Gasteiger charge is 2.32. The summed E-state index contributed by atoms with van der Waals surface area (Å²) in [4.78, 5) is 4.35. The first-order valence-corrected chi connectivity index (χ1v) is 6.72. The molecule has 2 N–H and O–H groups in total. The molecule has 0 bridgehead atoms. The molecule has 1 aliphatic heterocycles. The zero-order valence-corrected chi connectivity index (χ0v) is 11.7. The third-order valence-electron chi connectivity index (χ3n) is 3.26. The summed E-state index contributed by atoms with van der Waals surface area (Å²) in [5.74, 6) is 2.06. The molecule has 4 heteroatoms. The molecule has 1 aromatic carbocycles. The molecule has 4 nitrogen and oxygen atoms in total. The van der Waals surface area contributed by atoms with Crippen LogP contribution in [0.1, 0.15) is 25.1 Å². The van der Waals surface area contributed by atoms with Crippen LogP contribution in [0.3, 0.4) is 0 Å². The largest absolute Gasteiger partial charge is 0.483 e. The summed E-state index contributed by atoms with van der Waals surface area (Å²) < 4.78 is 11.8. The van der Waals surface area contributed by atoms with Gasteiger partial charge >= 0.3 is 0 Å². The zero-order valence-electron chi connectivity index (χ0n) is 11.7. The molecule has 1 aromatic heterocycles. The molecule has 0 aliphatic carbocycles. The zero-order chi connectivity index (χ0) is 14.2. The molecule has 2 aromatic rings. The van der Waals surface area contributed by atoms with Crippen LogP contribution in [0, 0.1) is 0 Å². The van der Waals surface area contributed by atoms with Gasteiger partial charge in [0, 0.05) is 24.6 Å². The van der Waals surface area contributed by atoms with Crippen LogP contribution in [0.5, 0.6) is 17.4 Å². The second-order valence-corrected chi connectivity index (χ2v) is 5.56. The van der Waals surface area contributed by atoms with Crippen molar-refractivity contribution in [3.8, 4) is 17.4 Å². The van der Waals surface area contributed by atoms with Crippen molar-refractivity contribution in [2.45, 2.75) is 32.4 Å². The Labute approximate surface area is 118 Å². The van der Waals surface area contributed by atoms with Crippen LogP contribution in [0.25, 0.3) is 0 Å². The lowest BCUT2D eigenvalue weighted by Crippen LogP contribution is -2.24. The summed E-state index contributed by atoms with van der Waals surface area (Å²) in [7, 11) is 0. The van der Waals surface area contributed by atoms with Gasteiger partial charge in [0.05, 0.1) is 5.69 Å². The van der Waals surface area contributed by atoms with Crippen molar-refractivity contribution in [3.05, 3.63) is 47.7 Å². The van der Waals surface area contributed by atoms with Crippen LogP contribution in [0.15, 0.2) is 36.4 Å². The summed E-state index contributed by atoms with van der Waals surface area (Å²) in [6, 6.07) is 11.5. The van der Waals surface area contributed by atoms with Gasteiger partial charge in [0.2, 0.25) is 5.88 Å². The maximum atomic E-state index is 5.98. The molecule has 0 spiro atoms. The third-order valence-corrected chi connectivity index (χ3v) is 3.26. The fraction of sp³-hybridized carbons (Fsp3) is 0.312. The molecule has 1 aliphatic rings. The first-order chi connectivity index (χ1) is 9.57. The van der Waals surface area contributed by atoms with E-state index in [1.807, 2.05) is 30.3 Å². The Morgan fingerprint density at radius 2 is 2.05 bits per heavy atom. The number of hydrogen-bond acceptors (Lipinski definition) is 4. The quantitative estimate of drug-likeness (QED) is 0.931. The normalized spacial score (nSPS) is 15.6. The lowest BCUT2D eigenvalue weighted by atomic mass is 10.0. The van der Waals surface area contributed by atoms with E-state index in [9.17, 15) is 0 Å². The van der Waals surface area contributed by atoms with E-state index in [4.69, 9.17) is 15.2 Å². The second-order valence-electron chi connectivity index (χ2n) is 5.56. The van der Waals surface area contributed by atoms with Gasteiger partial charge in [0.15, 0.2) is 11.5 Å². The Bertz CT molecular complexity index is 638. The third kappa shape index (κ3) is 2.47. The topological polar surface area (TPSA) is 57.4 Å². The van der Waals surface area contributed by atoms with Crippen LogP contribution >= 0.6 is 0 Å². The van der Waals surface area contributed by atoms with Crippen molar-refractivity contribution in [2.75, 3.05) is 0 Å². The maximum absolute atomic E-state index is 5.98. The lowest BCUT2D eigenvalue weighted by molar-refractivity contribution is 0.135. The molecule has 0 saturated carbocycles. The van der Waals surface area contributed by atoms with Gasteiger partial charge < -0.3 is 15.2 Å². The molecule has 0 unspecified atom stereocenters. The van der Waals surface area contributed by atoms with E-state index in [-0.39, 0.29) is 5.60 Å².